The van der Waals surface area contributed by atoms with E-state index in [0.29, 0.717) is 12.1 Å². The monoisotopic (exact) mass is 318 g/mol. The van der Waals surface area contributed by atoms with Crippen molar-refractivity contribution < 1.29 is 13.6 Å². The van der Waals surface area contributed by atoms with Gasteiger partial charge in [0.05, 0.1) is 12.0 Å². The maximum atomic E-state index is 13.9. The molecule has 6 heteroatoms. The Morgan fingerprint density at radius 3 is 2.62 bits per heavy atom. The van der Waals surface area contributed by atoms with Gasteiger partial charge in [0.15, 0.2) is 0 Å². The van der Waals surface area contributed by atoms with Crippen LogP contribution in [0.1, 0.15) is 31.9 Å². The van der Waals surface area contributed by atoms with Crippen LogP contribution in [0.25, 0.3) is 0 Å². The number of carbonyl (C=O) groups excluding carboxylic acids is 1. The fourth-order valence-electron chi connectivity index (χ4n) is 2.51. The van der Waals surface area contributed by atoms with Gasteiger partial charge in [-0.2, -0.15) is 0 Å². The topological polar surface area (TPSA) is 41.1 Å². The summed E-state index contributed by atoms with van der Waals surface area (Å²) < 4.78 is 26.9. The van der Waals surface area contributed by atoms with Crippen molar-refractivity contribution >= 4 is 18.3 Å². The molecule has 1 aromatic carbocycles. The zero-order chi connectivity index (χ0) is 14.7. The Kier molecular flexibility index (Phi) is 6.55. The third kappa shape index (κ3) is 4.38. The third-order valence-corrected chi connectivity index (χ3v) is 3.69. The van der Waals surface area contributed by atoms with Gasteiger partial charge in [0.25, 0.3) is 0 Å². The number of amides is 1. The van der Waals surface area contributed by atoms with Crippen LogP contribution in [0.4, 0.5) is 8.78 Å². The summed E-state index contributed by atoms with van der Waals surface area (Å²) in [5, 5.41) is 6.02. The van der Waals surface area contributed by atoms with Gasteiger partial charge in [0.1, 0.15) is 11.6 Å². The molecule has 0 saturated carbocycles. The van der Waals surface area contributed by atoms with Crippen molar-refractivity contribution in [3.63, 3.8) is 0 Å². The second kappa shape index (κ2) is 7.71. The molecule has 2 atom stereocenters. The summed E-state index contributed by atoms with van der Waals surface area (Å²) in [5.74, 6) is -1.35. The Morgan fingerprint density at radius 2 is 2.10 bits per heavy atom. The number of hydrogen-bond donors (Lipinski definition) is 2. The lowest BCUT2D eigenvalue weighted by Gasteiger charge is -2.25. The first kappa shape index (κ1) is 17.9. The highest BCUT2D eigenvalue weighted by Gasteiger charge is 2.27. The van der Waals surface area contributed by atoms with E-state index >= 15 is 0 Å². The molecule has 2 unspecified atom stereocenters. The molecule has 0 aromatic heterocycles. The Bertz CT molecular complexity index is 491. The van der Waals surface area contributed by atoms with Gasteiger partial charge in [0.2, 0.25) is 5.91 Å². The zero-order valence-electron chi connectivity index (χ0n) is 12.2. The van der Waals surface area contributed by atoms with E-state index in [-0.39, 0.29) is 30.2 Å². The number of nitrogens with one attached hydrogen (secondary N) is 2. The van der Waals surface area contributed by atoms with Crippen LogP contribution in [0.3, 0.4) is 0 Å². The lowest BCUT2D eigenvalue weighted by molar-refractivity contribution is -0.125. The van der Waals surface area contributed by atoms with Crippen LogP contribution in [-0.4, -0.2) is 19.0 Å². The average molecular weight is 319 g/mol. The first-order valence-corrected chi connectivity index (χ1v) is 6.95. The van der Waals surface area contributed by atoms with E-state index in [2.05, 4.69) is 10.6 Å². The van der Waals surface area contributed by atoms with Gasteiger partial charge in [-0.15, -0.1) is 12.4 Å². The molecule has 118 valence electrons. The summed E-state index contributed by atoms with van der Waals surface area (Å²) in [4.78, 5) is 12.2. The first-order chi connectivity index (χ1) is 9.49. The number of carbonyl (C=O) groups is 1. The van der Waals surface area contributed by atoms with Crippen molar-refractivity contribution in [2.24, 2.45) is 11.8 Å². The first-order valence-electron chi connectivity index (χ1n) is 6.95. The molecule has 2 rings (SSSR count). The molecule has 0 radical (unpaired) electrons. The molecular weight excluding hydrogens is 298 g/mol. The molecular formula is C15H21ClF2N2O. The van der Waals surface area contributed by atoms with Crippen molar-refractivity contribution in [2.75, 3.05) is 13.1 Å². The lowest BCUT2D eigenvalue weighted by atomic mass is 9.94. The number of benzene rings is 1. The van der Waals surface area contributed by atoms with E-state index in [9.17, 15) is 13.6 Å². The van der Waals surface area contributed by atoms with Gasteiger partial charge in [-0.05, 0) is 24.9 Å². The molecule has 3 nitrogen and oxygen atoms in total. The van der Waals surface area contributed by atoms with E-state index in [1.807, 2.05) is 13.8 Å². The SMILES string of the molecule is CC(C)C(NC(=O)C1CCNC1)c1ccc(F)cc1F.Cl. The predicted octanol–water partition coefficient (Wildman–Crippen LogP) is 2.81. The second-order valence-electron chi connectivity index (χ2n) is 5.59. The van der Waals surface area contributed by atoms with E-state index in [1.54, 1.807) is 0 Å². The van der Waals surface area contributed by atoms with Crippen LogP contribution in [-0.2, 0) is 4.79 Å². The van der Waals surface area contributed by atoms with Gasteiger partial charge < -0.3 is 10.6 Å². The smallest absolute Gasteiger partial charge is 0.224 e. The van der Waals surface area contributed by atoms with Crippen LogP contribution in [0, 0.1) is 23.5 Å². The molecule has 1 aromatic rings. The average Bonchev–Trinajstić information content (AvgIpc) is 2.90. The lowest BCUT2D eigenvalue weighted by Crippen LogP contribution is -2.37. The van der Waals surface area contributed by atoms with E-state index < -0.39 is 17.7 Å². The highest BCUT2D eigenvalue weighted by molar-refractivity contribution is 5.85. The summed E-state index contributed by atoms with van der Waals surface area (Å²) in [7, 11) is 0. The molecule has 0 spiro atoms. The minimum absolute atomic E-state index is 0. The van der Waals surface area contributed by atoms with Crippen molar-refractivity contribution in [3.05, 3.63) is 35.4 Å². The van der Waals surface area contributed by atoms with Gasteiger partial charge in [-0.1, -0.05) is 19.9 Å². The molecule has 0 aliphatic carbocycles. The zero-order valence-corrected chi connectivity index (χ0v) is 13.0. The van der Waals surface area contributed by atoms with Gasteiger partial charge in [-0.3, -0.25) is 4.79 Å². The highest BCUT2D eigenvalue weighted by Crippen LogP contribution is 2.25. The molecule has 21 heavy (non-hydrogen) atoms. The van der Waals surface area contributed by atoms with E-state index in [1.165, 1.54) is 12.1 Å². The normalized spacial score (nSPS) is 19.2. The Hall–Kier alpha value is -1.20. The van der Waals surface area contributed by atoms with Gasteiger partial charge >= 0.3 is 0 Å². The van der Waals surface area contributed by atoms with Crippen molar-refractivity contribution in [1.29, 1.82) is 0 Å². The fraction of sp³-hybridized carbons (Fsp3) is 0.533. The maximum absolute atomic E-state index is 13.9. The van der Waals surface area contributed by atoms with Gasteiger partial charge in [-0.25, -0.2) is 8.78 Å². The van der Waals surface area contributed by atoms with Crippen molar-refractivity contribution in [1.82, 2.24) is 10.6 Å². The number of hydrogen-bond acceptors (Lipinski definition) is 2. The summed E-state index contributed by atoms with van der Waals surface area (Å²) in [6.07, 6.45) is 0.794. The van der Waals surface area contributed by atoms with Crippen LogP contribution in [0.5, 0.6) is 0 Å². The summed E-state index contributed by atoms with van der Waals surface area (Å²) in [6, 6.07) is 3.04. The Balaban J connectivity index is 0.00000220. The minimum atomic E-state index is -0.617. The summed E-state index contributed by atoms with van der Waals surface area (Å²) in [6.45, 7) is 5.29. The van der Waals surface area contributed by atoms with E-state index in [4.69, 9.17) is 0 Å². The fourth-order valence-corrected chi connectivity index (χ4v) is 2.51. The third-order valence-electron chi connectivity index (χ3n) is 3.69. The van der Waals surface area contributed by atoms with Crippen LogP contribution in [0.15, 0.2) is 18.2 Å². The van der Waals surface area contributed by atoms with E-state index in [0.717, 1.165) is 19.0 Å². The molecule has 1 fully saturated rings. The standard InChI is InChI=1S/C15H20F2N2O.ClH/c1-9(2)14(12-4-3-11(16)7-13(12)17)19-15(20)10-5-6-18-8-10;/h3-4,7,9-10,14,18H,5-6,8H2,1-2H3,(H,19,20);1H. The van der Waals surface area contributed by atoms with Gasteiger partial charge in [0, 0.05) is 18.2 Å². The maximum Gasteiger partial charge on any atom is 0.224 e. The predicted molar refractivity (Wildman–Crippen MR) is 80.3 cm³/mol. The quantitative estimate of drug-likeness (QED) is 0.896. The van der Waals surface area contributed by atoms with Crippen LogP contribution in [0.2, 0.25) is 0 Å². The molecule has 1 aliphatic rings. The number of halogens is 3. The molecule has 1 aliphatic heterocycles. The summed E-state index contributed by atoms with van der Waals surface area (Å²) >= 11 is 0. The van der Waals surface area contributed by atoms with Crippen molar-refractivity contribution in [3.8, 4) is 0 Å². The molecule has 0 bridgehead atoms. The van der Waals surface area contributed by atoms with Crippen LogP contribution < -0.4 is 10.6 Å². The minimum Gasteiger partial charge on any atom is -0.349 e. The highest BCUT2D eigenvalue weighted by atomic mass is 35.5. The summed E-state index contributed by atoms with van der Waals surface area (Å²) in [5.41, 5.74) is 0.334. The Labute approximate surface area is 129 Å². The van der Waals surface area contributed by atoms with Crippen molar-refractivity contribution in [2.45, 2.75) is 26.3 Å². The number of rotatable bonds is 4. The molecule has 2 N–H and O–H groups in total. The molecule has 1 amide bonds. The Morgan fingerprint density at radius 1 is 1.38 bits per heavy atom. The van der Waals surface area contributed by atoms with Crippen LogP contribution >= 0.6 is 12.4 Å². The molecule has 1 saturated heterocycles. The second-order valence-corrected chi connectivity index (χ2v) is 5.59. The molecule has 1 heterocycles. The largest absolute Gasteiger partial charge is 0.349 e.